The van der Waals surface area contributed by atoms with Crippen molar-refractivity contribution in [3.05, 3.63) is 0 Å². The first-order valence-corrected chi connectivity index (χ1v) is 11.3. The van der Waals surface area contributed by atoms with Gasteiger partial charge < -0.3 is 15.4 Å². The molecule has 0 heterocycles. The first-order chi connectivity index (χ1) is 14.2. The number of nitrogens with one attached hydrogen (secondary N) is 3. The Kier molecular flexibility index (Phi) is 7.03. The Bertz CT molecular complexity index is 655. The maximum Gasteiger partial charge on any atom is 0.329 e. The highest BCUT2D eigenvalue weighted by atomic mass is 16.5. The van der Waals surface area contributed by atoms with Crippen molar-refractivity contribution in [3.8, 4) is 0 Å². The molecule has 4 saturated carbocycles. The zero-order chi connectivity index (χ0) is 21.9. The quantitative estimate of drug-likeness (QED) is 0.520. The predicted octanol–water partition coefficient (Wildman–Crippen LogP) is 2.12. The lowest BCUT2D eigenvalue weighted by Crippen LogP contribution is -2.57. The summed E-state index contributed by atoms with van der Waals surface area (Å²) in [6.45, 7) is 5.46. The van der Waals surface area contributed by atoms with Crippen LogP contribution in [0.4, 0.5) is 4.79 Å². The maximum absolute atomic E-state index is 13.2. The number of esters is 1. The topological polar surface area (TPSA) is 114 Å². The summed E-state index contributed by atoms with van der Waals surface area (Å²) >= 11 is 0. The lowest BCUT2D eigenvalue weighted by molar-refractivity contribution is -0.157. The molecule has 0 aliphatic heterocycles. The highest BCUT2D eigenvalue weighted by Gasteiger charge is 2.55. The second-order valence-electron chi connectivity index (χ2n) is 9.80. The predicted molar refractivity (Wildman–Crippen MR) is 110 cm³/mol. The second kappa shape index (κ2) is 9.35. The van der Waals surface area contributed by atoms with Crippen LogP contribution in [0.5, 0.6) is 0 Å². The van der Waals surface area contributed by atoms with Gasteiger partial charge in [0.15, 0.2) is 6.61 Å². The van der Waals surface area contributed by atoms with Crippen molar-refractivity contribution in [2.24, 2.45) is 29.1 Å². The molecular formula is C22H35N3O5. The average molecular weight is 422 g/mol. The SMILES string of the molecule is CCCNC(=O)NC(=O)COC(=O)[C@H](NC(=O)C12CC3CC(CC(C3)C1)C2)C(C)C. The summed E-state index contributed by atoms with van der Waals surface area (Å²) < 4.78 is 5.11. The van der Waals surface area contributed by atoms with Crippen LogP contribution >= 0.6 is 0 Å². The van der Waals surface area contributed by atoms with Crippen LogP contribution in [0.15, 0.2) is 0 Å². The molecule has 0 spiro atoms. The van der Waals surface area contributed by atoms with Gasteiger partial charge in [-0.3, -0.25) is 14.9 Å². The van der Waals surface area contributed by atoms with Crippen LogP contribution in [0.3, 0.4) is 0 Å². The Balaban J connectivity index is 1.53. The van der Waals surface area contributed by atoms with E-state index in [1.807, 2.05) is 20.8 Å². The van der Waals surface area contributed by atoms with Crippen LogP contribution < -0.4 is 16.0 Å². The van der Waals surface area contributed by atoms with Gasteiger partial charge in [0.1, 0.15) is 6.04 Å². The van der Waals surface area contributed by atoms with Crippen molar-refractivity contribution >= 4 is 23.8 Å². The number of hydrogen-bond donors (Lipinski definition) is 3. The highest BCUT2D eigenvalue weighted by Crippen LogP contribution is 2.60. The van der Waals surface area contributed by atoms with Crippen LogP contribution in [0.2, 0.25) is 0 Å². The van der Waals surface area contributed by atoms with E-state index < -0.39 is 30.6 Å². The maximum atomic E-state index is 13.2. The molecule has 0 saturated heterocycles. The zero-order valence-electron chi connectivity index (χ0n) is 18.3. The van der Waals surface area contributed by atoms with Gasteiger partial charge in [-0.15, -0.1) is 0 Å². The van der Waals surface area contributed by atoms with Crippen molar-refractivity contribution in [1.29, 1.82) is 0 Å². The molecule has 0 unspecified atom stereocenters. The minimum absolute atomic E-state index is 0.0411. The summed E-state index contributed by atoms with van der Waals surface area (Å²) in [5, 5.41) is 7.57. The molecule has 1 atom stereocenters. The van der Waals surface area contributed by atoms with Gasteiger partial charge in [-0.1, -0.05) is 20.8 Å². The van der Waals surface area contributed by atoms with Gasteiger partial charge in [0.05, 0.1) is 0 Å². The van der Waals surface area contributed by atoms with Crippen LogP contribution in [0.1, 0.15) is 65.7 Å². The zero-order valence-corrected chi connectivity index (χ0v) is 18.3. The third kappa shape index (κ3) is 5.13. The fraction of sp³-hybridized carbons (Fsp3) is 0.818. The molecule has 4 aliphatic rings. The van der Waals surface area contributed by atoms with Crippen LogP contribution in [0.25, 0.3) is 0 Å². The smallest absolute Gasteiger partial charge is 0.329 e. The fourth-order valence-electron chi connectivity index (χ4n) is 5.85. The van der Waals surface area contributed by atoms with Crippen molar-refractivity contribution < 1.29 is 23.9 Å². The summed E-state index contributed by atoms with van der Waals surface area (Å²) in [6, 6.07) is -1.43. The van der Waals surface area contributed by atoms with Crippen molar-refractivity contribution in [2.45, 2.75) is 71.8 Å². The number of carbonyl (C=O) groups is 4. The molecule has 4 rings (SSSR count). The molecule has 4 fully saturated rings. The summed E-state index contributed by atoms with van der Waals surface area (Å²) in [6.07, 6.45) is 7.21. The van der Waals surface area contributed by atoms with E-state index in [1.165, 1.54) is 19.3 Å². The minimum Gasteiger partial charge on any atom is -0.454 e. The molecule has 3 N–H and O–H groups in total. The van der Waals surface area contributed by atoms with Crippen molar-refractivity contribution in [3.63, 3.8) is 0 Å². The van der Waals surface area contributed by atoms with Gasteiger partial charge in [-0.05, 0) is 68.6 Å². The Morgan fingerprint density at radius 2 is 1.57 bits per heavy atom. The molecule has 0 aromatic carbocycles. The number of urea groups is 1. The molecule has 4 bridgehead atoms. The largest absolute Gasteiger partial charge is 0.454 e. The number of rotatable bonds is 8. The first kappa shape index (κ1) is 22.6. The third-order valence-electron chi connectivity index (χ3n) is 6.86. The fourth-order valence-corrected chi connectivity index (χ4v) is 5.85. The van der Waals surface area contributed by atoms with E-state index in [9.17, 15) is 19.2 Å². The van der Waals surface area contributed by atoms with E-state index in [-0.39, 0.29) is 17.2 Å². The van der Waals surface area contributed by atoms with E-state index in [0.29, 0.717) is 24.3 Å². The number of imide groups is 1. The number of hydrogen-bond acceptors (Lipinski definition) is 5. The van der Waals surface area contributed by atoms with Gasteiger partial charge in [0, 0.05) is 12.0 Å². The molecule has 4 aliphatic carbocycles. The first-order valence-electron chi connectivity index (χ1n) is 11.3. The third-order valence-corrected chi connectivity index (χ3v) is 6.86. The van der Waals surface area contributed by atoms with E-state index in [4.69, 9.17) is 4.74 Å². The highest BCUT2D eigenvalue weighted by molar-refractivity contribution is 5.96. The average Bonchev–Trinajstić information content (AvgIpc) is 2.67. The van der Waals surface area contributed by atoms with Crippen molar-refractivity contribution in [2.75, 3.05) is 13.2 Å². The van der Waals surface area contributed by atoms with E-state index in [1.54, 1.807) is 0 Å². The van der Waals surface area contributed by atoms with Gasteiger partial charge in [0.25, 0.3) is 5.91 Å². The monoisotopic (exact) mass is 421 g/mol. The lowest BCUT2D eigenvalue weighted by Gasteiger charge is -2.55. The van der Waals surface area contributed by atoms with Gasteiger partial charge in [0.2, 0.25) is 5.91 Å². The summed E-state index contributed by atoms with van der Waals surface area (Å²) in [7, 11) is 0. The van der Waals surface area contributed by atoms with Crippen molar-refractivity contribution in [1.82, 2.24) is 16.0 Å². The van der Waals surface area contributed by atoms with Crippen LogP contribution in [0, 0.1) is 29.1 Å². The Hall–Kier alpha value is -2.12. The molecule has 4 amide bonds. The molecule has 0 aromatic rings. The number of amides is 4. The number of ether oxygens (including phenoxy) is 1. The van der Waals surface area contributed by atoms with Gasteiger partial charge in [-0.25, -0.2) is 9.59 Å². The van der Waals surface area contributed by atoms with E-state index in [0.717, 1.165) is 25.7 Å². The molecular weight excluding hydrogens is 386 g/mol. The molecule has 0 aromatic heterocycles. The van der Waals surface area contributed by atoms with E-state index in [2.05, 4.69) is 16.0 Å². The molecule has 8 nitrogen and oxygen atoms in total. The Labute approximate surface area is 178 Å². The molecule has 8 heteroatoms. The minimum atomic E-state index is -0.813. The second-order valence-corrected chi connectivity index (χ2v) is 9.80. The standard InChI is InChI=1S/C22H35N3O5/c1-4-5-23-21(29)24-17(26)12-30-19(27)18(13(2)3)25-20(28)22-9-14-6-15(10-22)8-16(7-14)11-22/h13-16,18H,4-12H2,1-3H3,(H,25,28)(H2,23,24,26,29)/t14?,15?,16?,18-,22?/m1/s1. The molecule has 30 heavy (non-hydrogen) atoms. The summed E-state index contributed by atoms with van der Waals surface area (Å²) in [5.41, 5.74) is -0.350. The van der Waals surface area contributed by atoms with E-state index >= 15 is 0 Å². The molecule has 168 valence electrons. The normalized spacial score (nSPS) is 29.9. The number of carbonyl (C=O) groups excluding carboxylic acids is 4. The summed E-state index contributed by atoms with van der Waals surface area (Å²) in [4.78, 5) is 49.2. The summed E-state index contributed by atoms with van der Waals surface area (Å²) in [5.74, 6) is 0.336. The van der Waals surface area contributed by atoms with Gasteiger partial charge in [-0.2, -0.15) is 0 Å². The Morgan fingerprint density at radius 1 is 1.00 bits per heavy atom. The van der Waals surface area contributed by atoms with Crippen LogP contribution in [-0.2, 0) is 19.1 Å². The lowest BCUT2D eigenvalue weighted by atomic mass is 9.49. The van der Waals surface area contributed by atoms with Crippen LogP contribution in [-0.4, -0.2) is 43.0 Å². The molecule has 0 radical (unpaired) electrons. The van der Waals surface area contributed by atoms with Gasteiger partial charge >= 0.3 is 12.0 Å². The Morgan fingerprint density at radius 3 is 2.07 bits per heavy atom.